The summed E-state index contributed by atoms with van der Waals surface area (Å²) in [6.07, 6.45) is 3.80. The fourth-order valence-corrected chi connectivity index (χ4v) is 4.66. The van der Waals surface area contributed by atoms with Gasteiger partial charge >= 0.3 is 6.09 Å². The lowest BCUT2D eigenvalue weighted by Gasteiger charge is -2.34. The fraction of sp³-hybridized carbons (Fsp3) is 0.385. The van der Waals surface area contributed by atoms with Crippen LogP contribution in [-0.2, 0) is 17.7 Å². The number of anilines is 5. The number of nitrogens with one attached hydrogen (secondary N) is 1. The number of fused-ring (bicyclic) bond motifs is 2. The summed E-state index contributed by atoms with van der Waals surface area (Å²) < 4.78 is 11.3. The Morgan fingerprint density at radius 1 is 1.22 bits per heavy atom. The highest BCUT2D eigenvalue weighted by atomic mass is 35.5. The van der Waals surface area contributed by atoms with E-state index in [-0.39, 0.29) is 0 Å². The molecule has 1 aromatic carbocycles. The lowest BCUT2D eigenvalue weighted by molar-refractivity contribution is 0.0567. The van der Waals surface area contributed by atoms with Gasteiger partial charge in [-0.3, -0.25) is 4.90 Å². The largest absolute Gasteiger partial charge is 0.474 e. The molecule has 1 amide bonds. The number of hydrogen-bond acceptors (Lipinski definition) is 9. The summed E-state index contributed by atoms with van der Waals surface area (Å²) in [6, 6.07) is 5.71. The molecule has 10 nitrogen and oxygen atoms in total. The number of nitrogens with two attached hydrogens (primary N) is 1. The third kappa shape index (κ3) is 5.20. The van der Waals surface area contributed by atoms with Crippen molar-refractivity contribution in [3.8, 4) is 5.88 Å². The Morgan fingerprint density at radius 3 is 2.78 bits per heavy atom. The highest BCUT2D eigenvalue weighted by Gasteiger charge is 2.33. The molecule has 2 aliphatic heterocycles. The van der Waals surface area contributed by atoms with Crippen LogP contribution >= 0.6 is 11.6 Å². The smallest absolute Gasteiger partial charge is 0.415 e. The molecule has 11 heteroatoms. The van der Waals surface area contributed by atoms with Crippen molar-refractivity contribution in [3.63, 3.8) is 0 Å². The Balaban J connectivity index is 1.40. The lowest BCUT2D eigenvalue weighted by atomic mass is 10.1. The third-order valence-electron chi connectivity index (χ3n) is 6.19. The average Bonchev–Trinajstić information content (AvgIpc) is 2.85. The molecule has 0 saturated carbocycles. The number of nitrogens with zero attached hydrogens (tertiary/aromatic N) is 5. The van der Waals surface area contributed by atoms with Gasteiger partial charge in [0.25, 0.3) is 0 Å². The van der Waals surface area contributed by atoms with Crippen molar-refractivity contribution in [1.82, 2.24) is 15.0 Å². The zero-order chi connectivity index (χ0) is 26.3. The van der Waals surface area contributed by atoms with Gasteiger partial charge in [-0.1, -0.05) is 11.6 Å². The molecule has 4 heterocycles. The Kier molecular flexibility index (Phi) is 6.45. The summed E-state index contributed by atoms with van der Waals surface area (Å²) in [4.78, 5) is 30.3. The maximum absolute atomic E-state index is 12.9. The first-order valence-corrected chi connectivity index (χ1v) is 12.5. The molecule has 0 fully saturated rings. The van der Waals surface area contributed by atoms with E-state index in [0.717, 1.165) is 34.6 Å². The molecule has 194 valence electrons. The van der Waals surface area contributed by atoms with Crippen molar-refractivity contribution in [2.45, 2.75) is 46.3 Å². The zero-order valence-electron chi connectivity index (χ0n) is 21.3. The molecule has 3 aromatic rings. The van der Waals surface area contributed by atoms with Crippen LogP contribution in [0.4, 0.5) is 33.5 Å². The third-order valence-corrected chi connectivity index (χ3v) is 6.56. The van der Waals surface area contributed by atoms with Crippen LogP contribution in [0.25, 0.3) is 0 Å². The SMILES string of the molecule is Cc1cc(Nc2ncc3c(n2)CN(c2cnc4c(c2Cl)N(C(=O)OC(C)(C)C)CCO4)CC3)ccc1N. The van der Waals surface area contributed by atoms with Crippen LogP contribution in [-0.4, -0.2) is 46.3 Å². The number of rotatable bonds is 3. The van der Waals surface area contributed by atoms with Crippen molar-refractivity contribution in [3.05, 3.63) is 52.4 Å². The normalized spacial score (nSPS) is 14.9. The summed E-state index contributed by atoms with van der Waals surface area (Å²) >= 11 is 6.90. The van der Waals surface area contributed by atoms with Gasteiger partial charge in [-0.25, -0.2) is 19.7 Å². The molecule has 37 heavy (non-hydrogen) atoms. The van der Waals surface area contributed by atoms with Crippen LogP contribution in [0.2, 0.25) is 5.02 Å². The van der Waals surface area contributed by atoms with Gasteiger partial charge in [0, 0.05) is 24.1 Å². The first-order chi connectivity index (χ1) is 17.6. The highest BCUT2D eigenvalue weighted by Crippen LogP contribution is 2.43. The van der Waals surface area contributed by atoms with Gasteiger partial charge in [0.05, 0.1) is 35.7 Å². The van der Waals surface area contributed by atoms with Crippen LogP contribution in [0.3, 0.4) is 0 Å². The van der Waals surface area contributed by atoms with Gasteiger partial charge < -0.3 is 25.4 Å². The van der Waals surface area contributed by atoms with E-state index in [4.69, 9.17) is 31.8 Å². The van der Waals surface area contributed by atoms with Gasteiger partial charge in [0.1, 0.15) is 17.9 Å². The topological polar surface area (TPSA) is 119 Å². The molecule has 3 N–H and O–H groups in total. The lowest BCUT2D eigenvalue weighted by Crippen LogP contribution is -2.42. The van der Waals surface area contributed by atoms with Crippen molar-refractivity contribution in [2.24, 2.45) is 0 Å². The van der Waals surface area contributed by atoms with Crippen molar-refractivity contribution < 1.29 is 14.3 Å². The van der Waals surface area contributed by atoms with Crippen LogP contribution in [0.5, 0.6) is 5.88 Å². The molecule has 0 spiro atoms. The van der Waals surface area contributed by atoms with Crippen LogP contribution in [0, 0.1) is 6.92 Å². The molecular formula is C26H30ClN7O3. The first-order valence-electron chi connectivity index (χ1n) is 12.1. The van der Waals surface area contributed by atoms with Crippen LogP contribution in [0.1, 0.15) is 37.6 Å². The minimum absolute atomic E-state index is 0.312. The number of aromatic nitrogens is 3. The number of halogens is 1. The molecule has 0 saturated heterocycles. The minimum Gasteiger partial charge on any atom is -0.474 e. The molecule has 0 unspecified atom stereocenters. The van der Waals surface area contributed by atoms with Gasteiger partial charge in [-0.05, 0) is 63.4 Å². The maximum atomic E-state index is 12.9. The molecule has 0 bridgehead atoms. The summed E-state index contributed by atoms with van der Waals surface area (Å²) in [5.41, 5.74) is 11.0. The van der Waals surface area contributed by atoms with E-state index in [1.165, 1.54) is 4.90 Å². The van der Waals surface area contributed by atoms with E-state index in [9.17, 15) is 4.79 Å². The second-order valence-corrected chi connectivity index (χ2v) is 10.5. The van der Waals surface area contributed by atoms with E-state index in [1.54, 1.807) is 6.20 Å². The average molecular weight is 524 g/mol. The van der Waals surface area contributed by atoms with Crippen molar-refractivity contribution in [1.29, 1.82) is 0 Å². The number of carbonyl (C=O) groups is 1. The van der Waals surface area contributed by atoms with Crippen LogP contribution < -0.4 is 25.6 Å². The Labute approximate surface area is 220 Å². The van der Waals surface area contributed by atoms with Gasteiger partial charge in [0.15, 0.2) is 0 Å². The summed E-state index contributed by atoms with van der Waals surface area (Å²) in [5, 5.41) is 3.65. The number of aryl methyl sites for hydroxylation is 1. The molecule has 0 radical (unpaired) electrons. The van der Waals surface area contributed by atoms with E-state index < -0.39 is 11.7 Å². The number of ether oxygens (including phenoxy) is 2. The zero-order valence-corrected chi connectivity index (χ0v) is 22.1. The van der Waals surface area contributed by atoms with Gasteiger partial charge in [-0.15, -0.1) is 0 Å². The second-order valence-electron chi connectivity index (χ2n) is 10.1. The van der Waals surface area contributed by atoms with Crippen LogP contribution in [0.15, 0.2) is 30.6 Å². The molecule has 2 aromatic heterocycles. The standard InChI is InChI=1S/C26H30ClN7O3/c1-15-11-17(5-6-18(15)28)31-24-30-12-16-7-8-33(14-19(16)32-24)20-13-29-23-22(21(20)27)34(9-10-36-23)25(35)37-26(2,3)4/h5-6,11-13H,7-10,14,28H2,1-4H3,(H,30,31,32). The monoisotopic (exact) mass is 523 g/mol. The maximum Gasteiger partial charge on any atom is 0.415 e. The number of benzene rings is 1. The van der Waals surface area contributed by atoms with Gasteiger partial charge in [0.2, 0.25) is 11.8 Å². The van der Waals surface area contributed by atoms with E-state index >= 15 is 0 Å². The number of pyridine rings is 1. The predicted octanol–water partition coefficient (Wildman–Crippen LogP) is 4.86. The number of carbonyl (C=O) groups excluding carboxylic acids is 1. The summed E-state index contributed by atoms with van der Waals surface area (Å²) in [6.45, 7) is 9.29. The van der Waals surface area contributed by atoms with Crippen molar-refractivity contribution >= 4 is 46.4 Å². The second kappa shape index (κ2) is 9.59. The quantitative estimate of drug-likeness (QED) is 0.464. The molecule has 0 atom stereocenters. The predicted molar refractivity (Wildman–Crippen MR) is 144 cm³/mol. The summed E-state index contributed by atoms with van der Waals surface area (Å²) in [5.74, 6) is 0.819. The fourth-order valence-electron chi connectivity index (χ4n) is 4.31. The minimum atomic E-state index is -0.639. The molecular weight excluding hydrogens is 494 g/mol. The number of amides is 1. The summed E-state index contributed by atoms with van der Waals surface area (Å²) in [7, 11) is 0. The molecule has 0 aliphatic carbocycles. The molecule has 5 rings (SSSR count). The Morgan fingerprint density at radius 2 is 2.03 bits per heavy atom. The van der Waals surface area contributed by atoms with E-state index in [2.05, 4.69) is 20.2 Å². The Bertz CT molecular complexity index is 1360. The van der Waals surface area contributed by atoms with E-state index in [1.807, 2.05) is 52.1 Å². The highest BCUT2D eigenvalue weighted by molar-refractivity contribution is 6.36. The number of nitrogen functional groups attached to an aromatic ring is 1. The van der Waals surface area contributed by atoms with Gasteiger partial charge in [-0.2, -0.15) is 0 Å². The van der Waals surface area contributed by atoms with E-state index in [0.29, 0.717) is 54.5 Å². The number of hydrogen-bond donors (Lipinski definition) is 2. The van der Waals surface area contributed by atoms with Crippen molar-refractivity contribution in [2.75, 3.05) is 40.5 Å². The molecule has 2 aliphatic rings. The first kappa shape index (κ1) is 24.9. The Hall–Kier alpha value is -3.79.